The molecule has 2 N–H and O–H groups in total. The summed E-state index contributed by atoms with van der Waals surface area (Å²) in [5, 5.41) is 26.3. The van der Waals surface area contributed by atoms with Gasteiger partial charge in [-0.2, -0.15) is 0 Å². The van der Waals surface area contributed by atoms with Crippen molar-refractivity contribution >= 4 is 5.97 Å². The highest BCUT2D eigenvalue weighted by Gasteiger charge is 2.27. The summed E-state index contributed by atoms with van der Waals surface area (Å²) in [5.41, 5.74) is 0.689. The van der Waals surface area contributed by atoms with Crippen LogP contribution in [0.5, 0.6) is 0 Å². The van der Waals surface area contributed by atoms with Crippen LogP contribution in [0, 0.1) is 0 Å². The van der Waals surface area contributed by atoms with Gasteiger partial charge in [0.1, 0.15) is 6.33 Å². The molecule has 2 unspecified atom stereocenters. The molecule has 7 heteroatoms. The SMILES string of the molecule is CC(O)C(C(=O)O)n1cnnc1-c1ccncc1. The Balaban J connectivity index is 2.47. The smallest absolute Gasteiger partial charge is 0.329 e. The molecule has 0 aliphatic heterocycles. The van der Waals surface area contributed by atoms with E-state index in [0.717, 1.165) is 0 Å². The number of aliphatic hydroxyl groups excluding tert-OH is 1. The van der Waals surface area contributed by atoms with Gasteiger partial charge in [0.25, 0.3) is 0 Å². The number of aliphatic carboxylic acids is 1. The Morgan fingerprint density at radius 3 is 2.61 bits per heavy atom. The van der Waals surface area contributed by atoms with Gasteiger partial charge in [0.2, 0.25) is 0 Å². The van der Waals surface area contributed by atoms with Crippen LogP contribution >= 0.6 is 0 Å². The van der Waals surface area contributed by atoms with Crippen LogP contribution < -0.4 is 0 Å². The molecule has 2 atom stereocenters. The van der Waals surface area contributed by atoms with Gasteiger partial charge in [0.15, 0.2) is 11.9 Å². The van der Waals surface area contributed by atoms with Crippen LogP contribution in [0.2, 0.25) is 0 Å². The van der Waals surface area contributed by atoms with E-state index in [4.69, 9.17) is 5.11 Å². The average Bonchev–Trinajstić information content (AvgIpc) is 2.78. The summed E-state index contributed by atoms with van der Waals surface area (Å²) in [5.74, 6) is -0.759. The number of carbonyl (C=O) groups is 1. The first kappa shape index (κ1) is 12.2. The van der Waals surface area contributed by atoms with Crippen LogP contribution in [0.25, 0.3) is 11.4 Å². The van der Waals surface area contributed by atoms with Gasteiger partial charge in [-0.15, -0.1) is 10.2 Å². The Morgan fingerprint density at radius 2 is 2.06 bits per heavy atom. The molecule has 2 heterocycles. The fraction of sp³-hybridized carbons (Fsp3) is 0.273. The second-order valence-corrected chi connectivity index (χ2v) is 3.82. The lowest BCUT2D eigenvalue weighted by molar-refractivity contribution is -0.144. The number of hydrogen-bond donors (Lipinski definition) is 2. The normalized spacial score (nSPS) is 14.1. The van der Waals surface area contributed by atoms with Gasteiger partial charge in [0.05, 0.1) is 6.10 Å². The number of nitrogens with zero attached hydrogens (tertiary/aromatic N) is 4. The molecule has 0 fully saturated rings. The Kier molecular flexibility index (Phi) is 3.33. The van der Waals surface area contributed by atoms with Gasteiger partial charge in [-0.05, 0) is 19.1 Å². The van der Waals surface area contributed by atoms with Gasteiger partial charge < -0.3 is 10.2 Å². The zero-order valence-corrected chi connectivity index (χ0v) is 9.63. The topological polar surface area (TPSA) is 101 Å². The quantitative estimate of drug-likeness (QED) is 0.809. The maximum atomic E-state index is 11.2. The summed E-state index contributed by atoms with van der Waals surface area (Å²) >= 11 is 0. The van der Waals surface area contributed by atoms with Crippen LogP contribution in [0.3, 0.4) is 0 Å². The number of hydrogen-bond acceptors (Lipinski definition) is 5. The molecule has 0 spiro atoms. The maximum Gasteiger partial charge on any atom is 0.329 e. The van der Waals surface area contributed by atoms with E-state index in [-0.39, 0.29) is 0 Å². The van der Waals surface area contributed by atoms with Crippen molar-refractivity contribution in [1.82, 2.24) is 19.7 Å². The summed E-state index contributed by atoms with van der Waals surface area (Å²) in [7, 11) is 0. The third kappa shape index (κ3) is 2.21. The lowest BCUT2D eigenvalue weighted by Gasteiger charge is -2.18. The number of carboxylic acids is 1. The molecule has 2 aromatic rings. The predicted molar refractivity (Wildman–Crippen MR) is 61.6 cm³/mol. The Bertz CT molecular complexity index is 538. The zero-order chi connectivity index (χ0) is 13.1. The molecule has 0 aromatic carbocycles. The summed E-state index contributed by atoms with van der Waals surface area (Å²) in [6, 6.07) is 2.27. The maximum absolute atomic E-state index is 11.2. The number of carboxylic acid groups (broad SMARTS) is 1. The van der Waals surface area contributed by atoms with E-state index in [1.165, 1.54) is 17.8 Å². The summed E-state index contributed by atoms with van der Waals surface area (Å²) in [6.07, 6.45) is 3.39. The third-order valence-corrected chi connectivity index (χ3v) is 2.52. The fourth-order valence-corrected chi connectivity index (χ4v) is 1.71. The van der Waals surface area contributed by atoms with Crippen molar-refractivity contribution in [1.29, 1.82) is 0 Å². The molecular weight excluding hydrogens is 236 g/mol. The lowest BCUT2D eigenvalue weighted by atomic mass is 10.1. The predicted octanol–water partition coefficient (Wildman–Crippen LogP) is 0.347. The van der Waals surface area contributed by atoms with Crippen molar-refractivity contribution in [3.8, 4) is 11.4 Å². The van der Waals surface area contributed by atoms with Gasteiger partial charge in [-0.25, -0.2) is 4.79 Å². The highest BCUT2D eigenvalue weighted by Crippen LogP contribution is 2.21. The minimum Gasteiger partial charge on any atom is -0.480 e. The first-order chi connectivity index (χ1) is 8.61. The molecule has 0 amide bonds. The number of aliphatic hydroxyl groups is 1. The molecule has 94 valence electrons. The molecular formula is C11H12N4O3. The van der Waals surface area contributed by atoms with Crippen LogP contribution in [0.1, 0.15) is 13.0 Å². The Hall–Kier alpha value is -2.28. The Morgan fingerprint density at radius 1 is 1.39 bits per heavy atom. The van der Waals surface area contributed by atoms with Crippen molar-refractivity contribution in [2.45, 2.75) is 19.1 Å². The summed E-state index contributed by atoms with van der Waals surface area (Å²) in [6.45, 7) is 1.41. The summed E-state index contributed by atoms with van der Waals surface area (Å²) in [4.78, 5) is 15.1. The van der Waals surface area contributed by atoms with Crippen LogP contribution in [0.15, 0.2) is 30.9 Å². The molecule has 7 nitrogen and oxygen atoms in total. The molecule has 2 rings (SSSR count). The first-order valence-electron chi connectivity index (χ1n) is 5.32. The largest absolute Gasteiger partial charge is 0.480 e. The van der Waals surface area contributed by atoms with E-state index in [1.54, 1.807) is 24.5 Å². The van der Waals surface area contributed by atoms with Gasteiger partial charge in [-0.1, -0.05) is 0 Å². The lowest BCUT2D eigenvalue weighted by Crippen LogP contribution is -2.29. The van der Waals surface area contributed by atoms with Crippen LogP contribution in [0.4, 0.5) is 0 Å². The molecule has 0 radical (unpaired) electrons. The van der Waals surface area contributed by atoms with E-state index in [1.807, 2.05) is 0 Å². The molecule has 0 saturated heterocycles. The molecule has 0 aliphatic rings. The second kappa shape index (κ2) is 4.92. The van der Waals surface area contributed by atoms with Crippen molar-refractivity contribution in [2.75, 3.05) is 0 Å². The fourth-order valence-electron chi connectivity index (χ4n) is 1.71. The van der Waals surface area contributed by atoms with Crippen LogP contribution in [-0.2, 0) is 4.79 Å². The first-order valence-corrected chi connectivity index (χ1v) is 5.32. The molecule has 0 aliphatic carbocycles. The number of aromatic nitrogens is 4. The van der Waals surface area contributed by atoms with E-state index in [2.05, 4.69) is 15.2 Å². The third-order valence-electron chi connectivity index (χ3n) is 2.52. The number of pyridine rings is 1. The van der Waals surface area contributed by atoms with Gasteiger partial charge in [-0.3, -0.25) is 9.55 Å². The second-order valence-electron chi connectivity index (χ2n) is 3.82. The minimum atomic E-state index is -1.14. The van der Waals surface area contributed by atoms with Crippen molar-refractivity contribution in [3.63, 3.8) is 0 Å². The standard InChI is InChI=1S/C11H12N4O3/c1-7(16)9(11(17)18)15-6-13-14-10(15)8-2-4-12-5-3-8/h2-7,9,16H,1H3,(H,17,18). The Labute approximate surface area is 103 Å². The van der Waals surface area contributed by atoms with Gasteiger partial charge in [0, 0.05) is 18.0 Å². The molecule has 0 bridgehead atoms. The number of rotatable bonds is 4. The van der Waals surface area contributed by atoms with Crippen molar-refractivity contribution in [2.24, 2.45) is 0 Å². The minimum absolute atomic E-state index is 0.380. The highest BCUT2D eigenvalue weighted by molar-refractivity contribution is 5.73. The van der Waals surface area contributed by atoms with Crippen molar-refractivity contribution < 1.29 is 15.0 Å². The van der Waals surface area contributed by atoms with E-state index < -0.39 is 18.1 Å². The monoisotopic (exact) mass is 248 g/mol. The molecule has 18 heavy (non-hydrogen) atoms. The zero-order valence-electron chi connectivity index (χ0n) is 9.63. The highest BCUT2D eigenvalue weighted by atomic mass is 16.4. The van der Waals surface area contributed by atoms with E-state index >= 15 is 0 Å². The molecule has 0 saturated carbocycles. The van der Waals surface area contributed by atoms with E-state index in [0.29, 0.717) is 11.4 Å². The summed E-state index contributed by atoms with van der Waals surface area (Å²) < 4.78 is 1.34. The van der Waals surface area contributed by atoms with Gasteiger partial charge >= 0.3 is 5.97 Å². The van der Waals surface area contributed by atoms with E-state index in [9.17, 15) is 9.90 Å². The average molecular weight is 248 g/mol. The molecule has 2 aromatic heterocycles. The van der Waals surface area contributed by atoms with Crippen molar-refractivity contribution in [3.05, 3.63) is 30.9 Å². The van der Waals surface area contributed by atoms with Crippen LogP contribution in [-0.4, -0.2) is 42.0 Å².